The summed E-state index contributed by atoms with van der Waals surface area (Å²) in [5.41, 5.74) is 7.98. The molecule has 0 saturated heterocycles. The Bertz CT molecular complexity index is 264. The Balaban J connectivity index is 2.44. The number of rotatable bonds is 5. The third-order valence-corrected chi connectivity index (χ3v) is 2.95. The molecule has 0 radical (unpaired) electrons. The SMILES string of the molecule is CCC(CC)CCc1cccc(N)c1. The topological polar surface area (TPSA) is 26.0 Å². The van der Waals surface area contributed by atoms with E-state index in [1.165, 1.54) is 24.8 Å². The molecule has 0 aliphatic heterocycles. The van der Waals surface area contributed by atoms with Crippen molar-refractivity contribution in [2.75, 3.05) is 5.73 Å². The molecule has 1 nitrogen and oxygen atoms in total. The molecule has 78 valence electrons. The van der Waals surface area contributed by atoms with Crippen LogP contribution in [0.4, 0.5) is 5.69 Å². The number of hydrogen-bond donors (Lipinski definition) is 1. The molecule has 0 unspecified atom stereocenters. The summed E-state index contributed by atoms with van der Waals surface area (Å²) in [4.78, 5) is 0. The van der Waals surface area contributed by atoms with Gasteiger partial charge < -0.3 is 5.73 Å². The Hall–Kier alpha value is -0.980. The van der Waals surface area contributed by atoms with Crippen LogP contribution in [0.2, 0.25) is 0 Å². The van der Waals surface area contributed by atoms with Crippen LogP contribution >= 0.6 is 0 Å². The number of hydrogen-bond acceptors (Lipinski definition) is 1. The molecule has 0 spiro atoms. The fourth-order valence-electron chi connectivity index (χ4n) is 1.82. The zero-order valence-corrected chi connectivity index (χ0v) is 9.29. The average molecular weight is 191 g/mol. The molecule has 0 saturated carbocycles. The van der Waals surface area contributed by atoms with Crippen LogP contribution in [-0.4, -0.2) is 0 Å². The number of nitrogen functional groups attached to an aromatic ring is 1. The van der Waals surface area contributed by atoms with E-state index in [0.717, 1.165) is 18.0 Å². The lowest BCUT2D eigenvalue weighted by Crippen LogP contribution is -1.99. The van der Waals surface area contributed by atoms with Crippen LogP contribution in [0.3, 0.4) is 0 Å². The molecule has 0 aliphatic carbocycles. The van der Waals surface area contributed by atoms with Crippen molar-refractivity contribution in [1.29, 1.82) is 0 Å². The molecule has 0 aliphatic rings. The zero-order chi connectivity index (χ0) is 10.4. The average Bonchev–Trinajstić information content (AvgIpc) is 2.19. The molecule has 0 atom stereocenters. The second-order valence-corrected chi connectivity index (χ2v) is 3.97. The third kappa shape index (κ3) is 3.41. The smallest absolute Gasteiger partial charge is 0.0316 e. The summed E-state index contributed by atoms with van der Waals surface area (Å²) in [7, 11) is 0. The van der Waals surface area contributed by atoms with Crippen molar-refractivity contribution in [3.8, 4) is 0 Å². The second kappa shape index (κ2) is 5.69. The predicted molar refractivity (Wildman–Crippen MR) is 63.2 cm³/mol. The number of nitrogens with two attached hydrogens (primary N) is 1. The van der Waals surface area contributed by atoms with Crippen LogP contribution in [0.5, 0.6) is 0 Å². The van der Waals surface area contributed by atoms with E-state index < -0.39 is 0 Å². The molecule has 1 heteroatoms. The van der Waals surface area contributed by atoms with Gasteiger partial charge in [0.15, 0.2) is 0 Å². The highest BCUT2D eigenvalue weighted by Crippen LogP contribution is 2.17. The summed E-state index contributed by atoms with van der Waals surface area (Å²) in [6.07, 6.45) is 5.03. The zero-order valence-electron chi connectivity index (χ0n) is 9.29. The highest BCUT2D eigenvalue weighted by atomic mass is 14.5. The van der Waals surface area contributed by atoms with E-state index in [9.17, 15) is 0 Å². The van der Waals surface area contributed by atoms with E-state index in [1.807, 2.05) is 12.1 Å². The van der Waals surface area contributed by atoms with Crippen molar-refractivity contribution in [2.45, 2.75) is 39.5 Å². The summed E-state index contributed by atoms with van der Waals surface area (Å²) < 4.78 is 0. The van der Waals surface area contributed by atoms with E-state index >= 15 is 0 Å². The van der Waals surface area contributed by atoms with E-state index in [-0.39, 0.29) is 0 Å². The van der Waals surface area contributed by atoms with Crippen LogP contribution in [0.1, 0.15) is 38.7 Å². The Kier molecular flexibility index (Phi) is 4.51. The molecule has 1 aromatic rings. The largest absolute Gasteiger partial charge is 0.399 e. The van der Waals surface area contributed by atoms with Crippen LogP contribution in [0.25, 0.3) is 0 Å². The minimum Gasteiger partial charge on any atom is -0.399 e. The third-order valence-electron chi connectivity index (χ3n) is 2.95. The Morgan fingerprint density at radius 3 is 2.50 bits per heavy atom. The van der Waals surface area contributed by atoms with Gasteiger partial charge in [0.25, 0.3) is 0 Å². The van der Waals surface area contributed by atoms with E-state index in [0.29, 0.717) is 0 Å². The summed E-state index contributed by atoms with van der Waals surface area (Å²) in [5.74, 6) is 0.872. The molecular weight excluding hydrogens is 170 g/mol. The molecule has 14 heavy (non-hydrogen) atoms. The van der Waals surface area contributed by atoms with Gasteiger partial charge in [0, 0.05) is 5.69 Å². The van der Waals surface area contributed by atoms with Gasteiger partial charge in [-0.05, 0) is 36.5 Å². The van der Waals surface area contributed by atoms with Crippen molar-refractivity contribution in [1.82, 2.24) is 0 Å². The molecule has 0 aromatic heterocycles. The lowest BCUT2D eigenvalue weighted by molar-refractivity contribution is 0.456. The van der Waals surface area contributed by atoms with Crippen LogP contribution in [0.15, 0.2) is 24.3 Å². The fraction of sp³-hybridized carbons (Fsp3) is 0.538. The summed E-state index contributed by atoms with van der Waals surface area (Å²) >= 11 is 0. The normalized spacial score (nSPS) is 10.8. The summed E-state index contributed by atoms with van der Waals surface area (Å²) in [5, 5.41) is 0. The Morgan fingerprint density at radius 2 is 1.93 bits per heavy atom. The van der Waals surface area contributed by atoms with Crippen molar-refractivity contribution in [2.24, 2.45) is 5.92 Å². The molecule has 0 heterocycles. The molecule has 1 aromatic carbocycles. The second-order valence-electron chi connectivity index (χ2n) is 3.97. The minimum atomic E-state index is 0.872. The van der Waals surface area contributed by atoms with Crippen molar-refractivity contribution >= 4 is 5.69 Å². The minimum absolute atomic E-state index is 0.872. The highest BCUT2D eigenvalue weighted by molar-refractivity contribution is 5.40. The molecule has 0 amide bonds. The van der Waals surface area contributed by atoms with Gasteiger partial charge in [0.1, 0.15) is 0 Å². The summed E-state index contributed by atoms with van der Waals surface area (Å²) in [6, 6.07) is 8.24. The first-order valence-corrected chi connectivity index (χ1v) is 5.60. The molecule has 0 bridgehead atoms. The monoisotopic (exact) mass is 191 g/mol. The maximum absolute atomic E-state index is 5.73. The maximum atomic E-state index is 5.73. The predicted octanol–water partition coefficient (Wildman–Crippen LogP) is 3.64. The van der Waals surface area contributed by atoms with Crippen molar-refractivity contribution < 1.29 is 0 Å². The lowest BCUT2D eigenvalue weighted by atomic mass is 9.95. The standard InChI is InChI=1S/C13H21N/c1-3-11(4-2)8-9-12-6-5-7-13(14)10-12/h5-7,10-11H,3-4,8-9,14H2,1-2H3. The van der Waals surface area contributed by atoms with Gasteiger partial charge in [-0.1, -0.05) is 38.8 Å². The maximum Gasteiger partial charge on any atom is 0.0316 e. The van der Waals surface area contributed by atoms with Crippen LogP contribution in [-0.2, 0) is 6.42 Å². The number of aryl methyl sites for hydroxylation is 1. The lowest BCUT2D eigenvalue weighted by Gasteiger charge is -2.11. The Morgan fingerprint density at radius 1 is 1.21 bits per heavy atom. The van der Waals surface area contributed by atoms with Crippen LogP contribution < -0.4 is 5.73 Å². The van der Waals surface area contributed by atoms with E-state index in [2.05, 4.69) is 26.0 Å². The first-order chi connectivity index (χ1) is 6.76. The molecular formula is C13H21N. The van der Waals surface area contributed by atoms with Gasteiger partial charge in [-0.2, -0.15) is 0 Å². The molecule has 0 fully saturated rings. The van der Waals surface area contributed by atoms with Crippen LogP contribution in [0, 0.1) is 5.92 Å². The number of benzene rings is 1. The molecule has 2 N–H and O–H groups in total. The highest BCUT2D eigenvalue weighted by Gasteiger charge is 2.03. The molecule has 1 rings (SSSR count). The summed E-state index contributed by atoms with van der Waals surface area (Å²) in [6.45, 7) is 4.54. The van der Waals surface area contributed by atoms with Gasteiger partial charge in [-0.15, -0.1) is 0 Å². The quantitative estimate of drug-likeness (QED) is 0.706. The van der Waals surface area contributed by atoms with Gasteiger partial charge >= 0.3 is 0 Å². The van der Waals surface area contributed by atoms with E-state index in [4.69, 9.17) is 5.73 Å². The first kappa shape index (κ1) is 11.1. The fourth-order valence-corrected chi connectivity index (χ4v) is 1.82. The van der Waals surface area contributed by atoms with Crippen molar-refractivity contribution in [3.63, 3.8) is 0 Å². The van der Waals surface area contributed by atoms with Gasteiger partial charge in [0.05, 0.1) is 0 Å². The Labute approximate surface area is 87.3 Å². The van der Waals surface area contributed by atoms with Gasteiger partial charge in [-0.3, -0.25) is 0 Å². The van der Waals surface area contributed by atoms with Gasteiger partial charge in [-0.25, -0.2) is 0 Å². The first-order valence-electron chi connectivity index (χ1n) is 5.60. The van der Waals surface area contributed by atoms with E-state index in [1.54, 1.807) is 0 Å². The van der Waals surface area contributed by atoms with Gasteiger partial charge in [0.2, 0.25) is 0 Å². The van der Waals surface area contributed by atoms with Crippen molar-refractivity contribution in [3.05, 3.63) is 29.8 Å². The number of anilines is 1.